The number of hydrogen-bond acceptors (Lipinski definition) is 4. The Morgan fingerprint density at radius 2 is 2.00 bits per heavy atom. The maximum atomic E-state index is 10.1. The fraction of sp³-hybridized carbons (Fsp3) is 0.778. The lowest BCUT2D eigenvalue weighted by Gasteiger charge is -2.14. The summed E-state index contributed by atoms with van der Waals surface area (Å²) in [5, 5.41) is 0. The first kappa shape index (κ1) is 11.8. The van der Waals surface area contributed by atoms with E-state index >= 15 is 0 Å². The molecule has 2 atom stereocenters. The van der Waals surface area contributed by atoms with Gasteiger partial charge >= 0.3 is 0 Å². The SMILES string of the molecule is CCCC(N=C=O)C(C)CN=C=O. The Balaban J connectivity index is 4.16. The van der Waals surface area contributed by atoms with E-state index in [0.29, 0.717) is 6.54 Å². The lowest BCUT2D eigenvalue weighted by Crippen LogP contribution is -2.18. The normalized spacial score (nSPS) is 13.7. The summed E-state index contributed by atoms with van der Waals surface area (Å²) in [5.41, 5.74) is 0. The Labute approximate surface area is 77.8 Å². The number of nitrogens with zero attached hydrogens (tertiary/aromatic N) is 2. The fourth-order valence-electron chi connectivity index (χ4n) is 1.14. The smallest absolute Gasteiger partial charge is 0.211 e. The quantitative estimate of drug-likeness (QED) is 0.461. The van der Waals surface area contributed by atoms with Gasteiger partial charge in [0.1, 0.15) is 0 Å². The van der Waals surface area contributed by atoms with Gasteiger partial charge < -0.3 is 0 Å². The zero-order valence-corrected chi connectivity index (χ0v) is 7.99. The molecule has 0 saturated carbocycles. The van der Waals surface area contributed by atoms with Crippen LogP contribution >= 0.6 is 0 Å². The second kappa shape index (κ2) is 7.41. The van der Waals surface area contributed by atoms with Crippen molar-refractivity contribution in [2.24, 2.45) is 15.9 Å². The monoisotopic (exact) mass is 182 g/mol. The zero-order chi connectivity index (χ0) is 10.1. The summed E-state index contributed by atoms with van der Waals surface area (Å²) in [6.07, 6.45) is 4.79. The van der Waals surface area contributed by atoms with Gasteiger partial charge in [0.15, 0.2) is 0 Å². The summed E-state index contributed by atoms with van der Waals surface area (Å²) in [6, 6.07) is -0.0698. The molecule has 0 aromatic heterocycles. The lowest BCUT2D eigenvalue weighted by molar-refractivity contribution is 0.433. The fourth-order valence-corrected chi connectivity index (χ4v) is 1.14. The average molecular weight is 182 g/mol. The topological polar surface area (TPSA) is 58.9 Å². The molecule has 13 heavy (non-hydrogen) atoms. The number of aliphatic imine (C=N–C) groups is 2. The third kappa shape index (κ3) is 5.07. The summed E-state index contributed by atoms with van der Waals surface area (Å²) >= 11 is 0. The minimum atomic E-state index is -0.0698. The minimum absolute atomic E-state index is 0.0698. The van der Waals surface area contributed by atoms with E-state index < -0.39 is 0 Å². The zero-order valence-electron chi connectivity index (χ0n) is 7.99. The summed E-state index contributed by atoms with van der Waals surface area (Å²) in [6.45, 7) is 4.30. The third-order valence-corrected chi connectivity index (χ3v) is 1.90. The van der Waals surface area contributed by atoms with Crippen LogP contribution in [0.15, 0.2) is 9.98 Å². The molecule has 0 fully saturated rings. The molecule has 0 aromatic carbocycles. The molecule has 0 amide bonds. The van der Waals surface area contributed by atoms with Crippen LogP contribution in [0, 0.1) is 5.92 Å². The van der Waals surface area contributed by atoms with Crippen molar-refractivity contribution in [2.75, 3.05) is 6.54 Å². The molecule has 0 N–H and O–H groups in total. The predicted octanol–water partition coefficient (Wildman–Crippen LogP) is 1.46. The summed E-state index contributed by atoms with van der Waals surface area (Å²) in [4.78, 5) is 27.0. The van der Waals surface area contributed by atoms with Crippen LogP contribution in [-0.4, -0.2) is 24.7 Å². The second-order valence-electron chi connectivity index (χ2n) is 2.99. The van der Waals surface area contributed by atoms with Crippen LogP contribution in [0.1, 0.15) is 26.7 Å². The van der Waals surface area contributed by atoms with Gasteiger partial charge in [-0.3, -0.25) is 0 Å². The highest BCUT2D eigenvalue weighted by Gasteiger charge is 2.14. The number of isocyanates is 2. The average Bonchev–Trinajstić information content (AvgIpc) is 2.14. The predicted molar refractivity (Wildman–Crippen MR) is 49.0 cm³/mol. The molecule has 0 aliphatic heterocycles. The van der Waals surface area contributed by atoms with E-state index in [2.05, 4.69) is 9.98 Å². The largest absolute Gasteiger partial charge is 0.235 e. The van der Waals surface area contributed by atoms with Crippen molar-refractivity contribution in [3.63, 3.8) is 0 Å². The Hall–Kier alpha value is -1.24. The van der Waals surface area contributed by atoms with E-state index in [0.717, 1.165) is 12.8 Å². The van der Waals surface area contributed by atoms with Crippen molar-refractivity contribution in [1.82, 2.24) is 0 Å². The molecule has 0 saturated heterocycles. The van der Waals surface area contributed by atoms with Crippen molar-refractivity contribution < 1.29 is 9.59 Å². The molecule has 4 nitrogen and oxygen atoms in total. The van der Waals surface area contributed by atoms with Crippen molar-refractivity contribution in [2.45, 2.75) is 32.7 Å². The van der Waals surface area contributed by atoms with Gasteiger partial charge in [0.05, 0.1) is 12.6 Å². The van der Waals surface area contributed by atoms with E-state index in [1.807, 2.05) is 13.8 Å². The molecule has 72 valence electrons. The first-order valence-electron chi connectivity index (χ1n) is 4.36. The Bertz CT molecular complexity index is 228. The molecular formula is C9H14N2O2. The Kier molecular flexibility index (Phi) is 6.70. The molecule has 0 aliphatic rings. The highest BCUT2D eigenvalue weighted by atomic mass is 16.1. The van der Waals surface area contributed by atoms with Gasteiger partial charge in [0.2, 0.25) is 12.2 Å². The molecule has 0 heterocycles. The highest BCUT2D eigenvalue weighted by molar-refractivity contribution is 5.34. The van der Waals surface area contributed by atoms with Crippen molar-refractivity contribution in [3.05, 3.63) is 0 Å². The van der Waals surface area contributed by atoms with Crippen molar-refractivity contribution >= 4 is 12.2 Å². The van der Waals surface area contributed by atoms with Gasteiger partial charge in [-0.25, -0.2) is 19.6 Å². The second-order valence-corrected chi connectivity index (χ2v) is 2.99. The summed E-state index contributed by atoms with van der Waals surface area (Å²) in [5.74, 6) is 0.0999. The van der Waals surface area contributed by atoms with Gasteiger partial charge in [-0.2, -0.15) is 0 Å². The summed E-state index contributed by atoms with van der Waals surface area (Å²) < 4.78 is 0. The first-order chi connectivity index (χ1) is 6.26. The van der Waals surface area contributed by atoms with E-state index in [1.54, 1.807) is 6.08 Å². The van der Waals surface area contributed by atoms with Gasteiger partial charge in [0, 0.05) is 0 Å². The molecule has 4 heteroatoms. The number of rotatable bonds is 6. The van der Waals surface area contributed by atoms with Gasteiger partial charge in [-0.1, -0.05) is 20.3 Å². The van der Waals surface area contributed by atoms with Gasteiger partial charge in [-0.05, 0) is 12.3 Å². The molecule has 0 rings (SSSR count). The van der Waals surface area contributed by atoms with Crippen LogP contribution in [0.3, 0.4) is 0 Å². The minimum Gasteiger partial charge on any atom is -0.211 e. The van der Waals surface area contributed by atoms with E-state index in [-0.39, 0.29) is 12.0 Å². The summed E-state index contributed by atoms with van der Waals surface area (Å²) in [7, 11) is 0. The molecular weight excluding hydrogens is 168 g/mol. The molecule has 0 radical (unpaired) electrons. The van der Waals surface area contributed by atoms with E-state index in [4.69, 9.17) is 0 Å². The Morgan fingerprint density at radius 1 is 1.31 bits per heavy atom. The molecule has 0 bridgehead atoms. The lowest BCUT2D eigenvalue weighted by atomic mass is 9.98. The van der Waals surface area contributed by atoms with Gasteiger partial charge in [0.25, 0.3) is 0 Å². The maximum absolute atomic E-state index is 10.1. The van der Waals surface area contributed by atoms with Crippen LogP contribution in [0.4, 0.5) is 0 Å². The van der Waals surface area contributed by atoms with Crippen molar-refractivity contribution in [3.8, 4) is 0 Å². The Morgan fingerprint density at radius 3 is 2.46 bits per heavy atom. The maximum Gasteiger partial charge on any atom is 0.235 e. The standard InChI is InChI=1S/C9H14N2O2/c1-3-4-9(11-7-13)8(2)5-10-6-12/h8-9H,3-5H2,1-2H3. The molecule has 0 aromatic rings. The van der Waals surface area contributed by atoms with Crippen molar-refractivity contribution in [1.29, 1.82) is 0 Å². The molecule has 2 unspecified atom stereocenters. The highest BCUT2D eigenvalue weighted by Crippen LogP contribution is 2.12. The number of hydrogen-bond donors (Lipinski definition) is 0. The first-order valence-corrected chi connectivity index (χ1v) is 4.36. The van der Waals surface area contributed by atoms with Crippen LogP contribution in [0.5, 0.6) is 0 Å². The van der Waals surface area contributed by atoms with Crippen LogP contribution in [0.2, 0.25) is 0 Å². The van der Waals surface area contributed by atoms with E-state index in [1.165, 1.54) is 6.08 Å². The van der Waals surface area contributed by atoms with E-state index in [9.17, 15) is 9.59 Å². The van der Waals surface area contributed by atoms with Crippen LogP contribution in [0.25, 0.3) is 0 Å². The molecule has 0 spiro atoms. The van der Waals surface area contributed by atoms with Crippen LogP contribution in [-0.2, 0) is 9.59 Å². The third-order valence-electron chi connectivity index (χ3n) is 1.90. The van der Waals surface area contributed by atoms with Crippen LogP contribution < -0.4 is 0 Å². The van der Waals surface area contributed by atoms with Gasteiger partial charge in [-0.15, -0.1) is 0 Å². The number of carbonyl (C=O) groups excluding carboxylic acids is 2. The molecule has 0 aliphatic carbocycles.